The predicted molar refractivity (Wildman–Crippen MR) is 82.4 cm³/mol. The van der Waals surface area contributed by atoms with Crippen LogP contribution in [0.1, 0.15) is 24.1 Å². The fourth-order valence-corrected chi connectivity index (χ4v) is 2.29. The molecule has 2 aromatic rings. The number of rotatable bonds is 3. The van der Waals surface area contributed by atoms with Crippen LogP contribution in [0.2, 0.25) is 5.02 Å². The van der Waals surface area contributed by atoms with E-state index in [2.05, 4.69) is 59.4 Å². The number of nitrogens with one attached hydrogen (secondary N) is 1. The third-order valence-corrected chi connectivity index (χ3v) is 4.01. The van der Waals surface area contributed by atoms with Gasteiger partial charge in [-0.05, 0) is 55.3 Å². The zero-order chi connectivity index (χ0) is 13.1. The SMILES string of the molecule is Cc1cc(NC(C)c2cccc(Cl)c2)ccc1Br. The van der Waals surface area contributed by atoms with E-state index < -0.39 is 0 Å². The van der Waals surface area contributed by atoms with E-state index in [4.69, 9.17) is 11.6 Å². The lowest BCUT2D eigenvalue weighted by molar-refractivity contribution is 0.884. The maximum Gasteiger partial charge on any atom is 0.0486 e. The summed E-state index contributed by atoms with van der Waals surface area (Å²) in [4.78, 5) is 0. The van der Waals surface area contributed by atoms with Crippen molar-refractivity contribution < 1.29 is 0 Å². The van der Waals surface area contributed by atoms with Crippen LogP contribution in [0.3, 0.4) is 0 Å². The Morgan fingerprint density at radius 2 is 1.94 bits per heavy atom. The molecule has 3 heteroatoms. The van der Waals surface area contributed by atoms with E-state index in [0.29, 0.717) is 0 Å². The molecule has 2 rings (SSSR count). The molecular weight excluding hydrogens is 310 g/mol. The van der Waals surface area contributed by atoms with Crippen LogP contribution in [-0.2, 0) is 0 Å². The summed E-state index contributed by atoms with van der Waals surface area (Å²) in [6, 6.07) is 14.4. The van der Waals surface area contributed by atoms with Gasteiger partial charge in [0, 0.05) is 21.2 Å². The highest BCUT2D eigenvalue weighted by Crippen LogP contribution is 2.25. The van der Waals surface area contributed by atoms with Gasteiger partial charge in [0.05, 0.1) is 0 Å². The average molecular weight is 325 g/mol. The monoisotopic (exact) mass is 323 g/mol. The Labute approximate surface area is 121 Å². The van der Waals surface area contributed by atoms with Crippen molar-refractivity contribution in [2.24, 2.45) is 0 Å². The highest BCUT2D eigenvalue weighted by molar-refractivity contribution is 9.10. The molecule has 1 unspecified atom stereocenters. The number of hydrogen-bond acceptors (Lipinski definition) is 1. The van der Waals surface area contributed by atoms with Crippen molar-refractivity contribution in [3.05, 3.63) is 63.1 Å². The highest BCUT2D eigenvalue weighted by atomic mass is 79.9. The van der Waals surface area contributed by atoms with E-state index in [1.807, 2.05) is 18.2 Å². The van der Waals surface area contributed by atoms with Crippen molar-refractivity contribution in [3.63, 3.8) is 0 Å². The molecule has 1 atom stereocenters. The summed E-state index contributed by atoms with van der Waals surface area (Å²) < 4.78 is 1.13. The van der Waals surface area contributed by atoms with Crippen LogP contribution in [0.25, 0.3) is 0 Å². The van der Waals surface area contributed by atoms with Gasteiger partial charge in [0.1, 0.15) is 0 Å². The number of halogens is 2. The molecule has 94 valence electrons. The number of hydrogen-bond donors (Lipinski definition) is 1. The fourth-order valence-electron chi connectivity index (χ4n) is 1.84. The third kappa shape index (κ3) is 3.27. The van der Waals surface area contributed by atoms with Gasteiger partial charge in [-0.3, -0.25) is 0 Å². The molecule has 18 heavy (non-hydrogen) atoms. The second kappa shape index (κ2) is 5.77. The van der Waals surface area contributed by atoms with Crippen molar-refractivity contribution in [2.45, 2.75) is 19.9 Å². The molecule has 0 saturated carbocycles. The summed E-state index contributed by atoms with van der Waals surface area (Å²) in [7, 11) is 0. The average Bonchev–Trinajstić information content (AvgIpc) is 2.34. The molecule has 0 heterocycles. The van der Waals surface area contributed by atoms with Crippen LogP contribution in [0, 0.1) is 6.92 Å². The Balaban J connectivity index is 2.16. The van der Waals surface area contributed by atoms with Gasteiger partial charge in [0.2, 0.25) is 0 Å². The molecule has 2 aromatic carbocycles. The van der Waals surface area contributed by atoms with E-state index in [-0.39, 0.29) is 6.04 Å². The first-order chi connectivity index (χ1) is 8.56. The Bertz CT molecular complexity index is 554. The van der Waals surface area contributed by atoms with Gasteiger partial charge in [-0.1, -0.05) is 39.7 Å². The Kier molecular flexibility index (Phi) is 4.31. The number of aryl methyl sites for hydroxylation is 1. The molecule has 0 aliphatic carbocycles. The van der Waals surface area contributed by atoms with Crippen LogP contribution in [0.4, 0.5) is 5.69 Å². The van der Waals surface area contributed by atoms with Gasteiger partial charge >= 0.3 is 0 Å². The maximum atomic E-state index is 6.00. The lowest BCUT2D eigenvalue weighted by Gasteiger charge is -2.16. The summed E-state index contributed by atoms with van der Waals surface area (Å²) in [5.74, 6) is 0. The molecule has 1 N–H and O–H groups in total. The van der Waals surface area contributed by atoms with Gasteiger partial charge in [0.15, 0.2) is 0 Å². The third-order valence-electron chi connectivity index (χ3n) is 2.89. The maximum absolute atomic E-state index is 6.00. The molecule has 0 fully saturated rings. The van der Waals surface area contributed by atoms with Gasteiger partial charge in [0.25, 0.3) is 0 Å². The molecule has 0 aliphatic heterocycles. The van der Waals surface area contributed by atoms with E-state index in [9.17, 15) is 0 Å². The van der Waals surface area contributed by atoms with E-state index in [0.717, 1.165) is 15.2 Å². The minimum Gasteiger partial charge on any atom is -0.379 e. The van der Waals surface area contributed by atoms with Crippen LogP contribution in [0.15, 0.2) is 46.9 Å². The Hall–Kier alpha value is -0.990. The molecular formula is C15H15BrClN. The largest absolute Gasteiger partial charge is 0.379 e. The molecule has 0 spiro atoms. The van der Waals surface area contributed by atoms with Crippen molar-refractivity contribution >= 4 is 33.2 Å². The topological polar surface area (TPSA) is 12.0 Å². The van der Waals surface area contributed by atoms with Gasteiger partial charge in [-0.2, -0.15) is 0 Å². The first-order valence-corrected chi connectivity index (χ1v) is 7.01. The molecule has 0 bridgehead atoms. The quantitative estimate of drug-likeness (QED) is 0.776. The van der Waals surface area contributed by atoms with Crippen LogP contribution in [-0.4, -0.2) is 0 Å². The summed E-state index contributed by atoms with van der Waals surface area (Å²) in [6.07, 6.45) is 0. The molecule has 0 saturated heterocycles. The van der Waals surface area contributed by atoms with Gasteiger partial charge in [-0.15, -0.1) is 0 Å². The second-order valence-corrected chi connectivity index (χ2v) is 5.68. The lowest BCUT2D eigenvalue weighted by atomic mass is 10.1. The molecule has 0 radical (unpaired) electrons. The van der Waals surface area contributed by atoms with E-state index in [1.54, 1.807) is 0 Å². The predicted octanol–water partition coefficient (Wildman–Crippen LogP) is 5.58. The molecule has 1 nitrogen and oxygen atoms in total. The van der Waals surface area contributed by atoms with Crippen LogP contribution < -0.4 is 5.32 Å². The summed E-state index contributed by atoms with van der Waals surface area (Å²) >= 11 is 9.51. The van der Waals surface area contributed by atoms with E-state index >= 15 is 0 Å². The summed E-state index contributed by atoms with van der Waals surface area (Å²) in [6.45, 7) is 4.21. The van der Waals surface area contributed by atoms with E-state index in [1.165, 1.54) is 11.1 Å². The first-order valence-electron chi connectivity index (χ1n) is 5.84. The second-order valence-electron chi connectivity index (χ2n) is 4.38. The first kappa shape index (κ1) is 13.4. The summed E-state index contributed by atoms with van der Waals surface area (Å²) in [5.41, 5.74) is 3.52. The highest BCUT2D eigenvalue weighted by Gasteiger charge is 2.06. The van der Waals surface area contributed by atoms with Crippen LogP contribution in [0.5, 0.6) is 0 Å². The molecule has 0 aliphatic rings. The van der Waals surface area contributed by atoms with Gasteiger partial charge in [-0.25, -0.2) is 0 Å². The minimum absolute atomic E-state index is 0.226. The smallest absolute Gasteiger partial charge is 0.0486 e. The normalized spacial score (nSPS) is 12.2. The van der Waals surface area contributed by atoms with Crippen LogP contribution >= 0.6 is 27.5 Å². The molecule has 0 aromatic heterocycles. The van der Waals surface area contributed by atoms with Gasteiger partial charge < -0.3 is 5.32 Å². The summed E-state index contributed by atoms with van der Waals surface area (Å²) in [5, 5.41) is 4.25. The zero-order valence-corrected chi connectivity index (χ0v) is 12.7. The van der Waals surface area contributed by atoms with Crippen molar-refractivity contribution in [1.82, 2.24) is 0 Å². The standard InChI is InChI=1S/C15H15BrClN/c1-10-8-14(6-7-15(10)16)18-11(2)12-4-3-5-13(17)9-12/h3-9,11,18H,1-2H3. The number of anilines is 1. The van der Waals surface area contributed by atoms with Crippen molar-refractivity contribution in [1.29, 1.82) is 0 Å². The van der Waals surface area contributed by atoms with Crippen molar-refractivity contribution in [3.8, 4) is 0 Å². The Morgan fingerprint density at radius 1 is 1.17 bits per heavy atom. The Morgan fingerprint density at radius 3 is 2.61 bits per heavy atom. The minimum atomic E-state index is 0.226. The number of benzene rings is 2. The van der Waals surface area contributed by atoms with Crippen molar-refractivity contribution in [2.75, 3.05) is 5.32 Å². The lowest BCUT2D eigenvalue weighted by Crippen LogP contribution is -2.06. The fraction of sp³-hybridized carbons (Fsp3) is 0.200. The zero-order valence-electron chi connectivity index (χ0n) is 10.4. The molecule has 0 amide bonds.